The summed E-state index contributed by atoms with van der Waals surface area (Å²) in [6.45, 7) is 2.27. The van der Waals surface area contributed by atoms with Crippen LogP contribution in [0.25, 0.3) is 0 Å². The van der Waals surface area contributed by atoms with Gasteiger partial charge in [0.1, 0.15) is 0 Å². The van der Waals surface area contributed by atoms with Gasteiger partial charge in [-0.25, -0.2) is 0 Å². The minimum Gasteiger partial charge on any atom is -0.469 e. The van der Waals surface area contributed by atoms with Crippen molar-refractivity contribution in [3.63, 3.8) is 0 Å². The van der Waals surface area contributed by atoms with Crippen LogP contribution in [0.5, 0.6) is 0 Å². The van der Waals surface area contributed by atoms with Crippen molar-refractivity contribution in [2.75, 3.05) is 14.2 Å². The predicted octanol–water partition coefficient (Wildman–Crippen LogP) is 7.22. The van der Waals surface area contributed by atoms with Crippen molar-refractivity contribution in [1.29, 1.82) is 0 Å². The van der Waals surface area contributed by atoms with Crippen LogP contribution < -0.4 is 0 Å². The smallest absolute Gasteiger partial charge is 0.305 e. The summed E-state index contributed by atoms with van der Waals surface area (Å²) in [6, 6.07) is 0. The monoisotopic (exact) mass is 370 g/mol. The van der Waals surface area contributed by atoms with Crippen molar-refractivity contribution >= 4 is 5.97 Å². The lowest BCUT2D eigenvalue weighted by Crippen LogP contribution is -2.10. The summed E-state index contributed by atoms with van der Waals surface area (Å²) in [7, 11) is 3.34. The third-order valence-corrected chi connectivity index (χ3v) is 5.35. The first-order valence-corrected chi connectivity index (χ1v) is 11.3. The quantitative estimate of drug-likeness (QED) is 0.168. The van der Waals surface area contributed by atoms with Crippen molar-refractivity contribution in [3.8, 4) is 0 Å². The maximum atomic E-state index is 11.0. The average molecular weight is 371 g/mol. The molecule has 0 fully saturated rings. The van der Waals surface area contributed by atoms with Crippen LogP contribution in [0.4, 0.5) is 0 Å². The highest BCUT2D eigenvalue weighted by Gasteiger charge is 2.06. The largest absolute Gasteiger partial charge is 0.469 e. The molecule has 0 aromatic carbocycles. The normalized spacial score (nSPS) is 12.3. The molecule has 0 saturated carbocycles. The van der Waals surface area contributed by atoms with Gasteiger partial charge in [-0.1, -0.05) is 96.8 Å². The molecular formula is C23H46O3. The Bertz CT molecular complexity index is 291. The summed E-state index contributed by atoms with van der Waals surface area (Å²) in [6.07, 6.45) is 23.2. The molecule has 0 heterocycles. The van der Waals surface area contributed by atoms with E-state index in [1.807, 2.05) is 7.11 Å². The van der Waals surface area contributed by atoms with E-state index in [-0.39, 0.29) is 5.97 Å². The molecule has 0 aromatic rings. The first-order valence-electron chi connectivity index (χ1n) is 11.3. The number of esters is 1. The fourth-order valence-electron chi connectivity index (χ4n) is 3.51. The molecule has 0 spiro atoms. The van der Waals surface area contributed by atoms with E-state index in [0.29, 0.717) is 12.5 Å². The third kappa shape index (κ3) is 18.2. The summed E-state index contributed by atoms with van der Waals surface area (Å²) in [5.74, 6) is -0.0733. The van der Waals surface area contributed by atoms with Crippen molar-refractivity contribution in [3.05, 3.63) is 0 Å². The summed E-state index contributed by atoms with van der Waals surface area (Å²) in [5.41, 5.74) is 0. The fourth-order valence-corrected chi connectivity index (χ4v) is 3.51. The van der Waals surface area contributed by atoms with Gasteiger partial charge in [-0.3, -0.25) is 4.79 Å². The second-order valence-corrected chi connectivity index (χ2v) is 7.71. The SMILES string of the molecule is CCCCCCCCC(CCCCCCCCCCCC(=O)OC)OC. The van der Waals surface area contributed by atoms with E-state index in [2.05, 4.69) is 11.7 Å². The van der Waals surface area contributed by atoms with Crippen LogP contribution in [0.15, 0.2) is 0 Å². The van der Waals surface area contributed by atoms with Crippen molar-refractivity contribution in [2.45, 2.75) is 129 Å². The maximum absolute atomic E-state index is 11.0. The van der Waals surface area contributed by atoms with E-state index in [9.17, 15) is 4.79 Å². The zero-order valence-corrected chi connectivity index (χ0v) is 18.0. The Morgan fingerprint density at radius 3 is 1.50 bits per heavy atom. The molecule has 0 rings (SSSR count). The van der Waals surface area contributed by atoms with Crippen molar-refractivity contribution in [2.24, 2.45) is 0 Å². The number of methoxy groups -OCH3 is 2. The van der Waals surface area contributed by atoms with Crippen LogP contribution in [-0.2, 0) is 14.3 Å². The van der Waals surface area contributed by atoms with E-state index >= 15 is 0 Å². The first kappa shape index (κ1) is 25.4. The van der Waals surface area contributed by atoms with Gasteiger partial charge in [0.2, 0.25) is 0 Å². The molecule has 0 bridgehead atoms. The Morgan fingerprint density at radius 2 is 1.08 bits per heavy atom. The molecule has 156 valence electrons. The van der Waals surface area contributed by atoms with Gasteiger partial charge in [-0.15, -0.1) is 0 Å². The predicted molar refractivity (Wildman–Crippen MR) is 112 cm³/mol. The first-order chi connectivity index (χ1) is 12.7. The highest BCUT2D eigenvalue weighted by atomic mass is 16.5. The van der Waals surface area contributed by atoms with Crippen LogP contribution in [0.3, 0.4) is 0 Å². The van der Waals surface area contributed by atoms with E-state index in [0.717, 1.165) is 12.8 Å². The average Bonchev–Trinajstić information content (AvgIpc) is 2.66. The van der Waals surface area contributed by atoms with Crippen molar-refractivity contribution in [1.82, 2.24) is 0 Å². The molecule has 0 aromatic heterocycles. The molecule has 3 heteroatoms. The Balaban J connectivity index is 3.29. The van der Waals surface area contributed by atoms with Gasteiger partial charge >= 0.3 is 5.97 Å². The molecule has 0 aliphatic heterocycles. The van der Waals surface area contributed by atoms with Gasteiger partial charge in [-0.2, -0.15) is 0 Å². The van der Waals surface area contributed by atoms with E-state index in [4.69, 9.17) is 4.74 Å². The van der Waals surface area contributed by atoms with E-state index in [1.54, 1.807) is 0 Å². The molecule has 1 atom stereocenters. The molecule has 0 radical (unpaired) electrons. The van der Waals surface area contributed by atoms with Gasteiger partial charge in [-0.05, 0) is 19.3 Å². The number of carbonyl (C=O) groups is 1. The molecule has 1 unspecified atom stereocenters. The second kappa shape index (κ2) is 20.7. The Morgan fingerprint density at radius 1 is 0.654 bits per heavy atom. The summed E-state index contributed by atoms with van der Waals surface area (Å²) in [4.78, 5) is 11.0. The van der Waals surface area contributed by atoms with Gasteiger partial charge in [0, 0.05) is 13.5 Å². The van der Waals surface area contributed by atoms with Gasteiger partial charge in [0.05, 0.1) is 13.2 Å². The molecule has 0 aliphatic rings. The second-order valence-electron chi connectivity index (χ2n) is 7.71. The number of ether oxygens (including phenoxy) is 2. The topological polar surface area (TPSA) is 35.5 Å². The molecular weight excluding hydrogens is 324 g/mol. The van der Waals surface area contributed by atoms with Gasteiger partial charge in [0.15, 0.2) is 0 Å². The lowest BCUT2D eigenvalue weighted by atomic mass is 10.0. The lowest BCUT2D eigenvalue weighted by Gasteiger charge is -2.15. The van der Waals surface area contributed by atoms with Crippen molar-refractivity contribution < 1.29 is 14.3 Å². The molecule has 0 amide bonds. The standard InChI is InChI=1S/C23H46O3/c1-4-5-6-7-13-16-19-22(25-2)20-17-14-11-9-8-10-12-15-18-21-23(24)26-3/h22H,4-21H2,1-3H3. The summed E-state index contributed by atoms with van der Waals surface area (Å²) < 4.78 is 10.3. The minimum atomic E-state index is -0.0733. The third-order valence-electron chi connectivity index (χ3n) is 5.35. The van der Waals surface area contributed by atoms with Crippen LogP contribution in [0, 0.1) is 0 Å². The number of hydrogen-bond donors (Lipinski definition) is 0. The molecule has 0 N–H and O–H groups in total. The lowest BCUT2D eigenvalue weighted by molar-refractivity contribution is -0.140. The molecule has 26 heavy (non-hydrogen) atoms. The van der Waals surface area contributed by atoms with E-state index < -0.39 is 0 Å². The number of unbranched alkanes of at least 4 members (excludes halogenated alkanes) is 13. The summed E-state index contributed by atoms with van der Waals surface area (Å²) >= 11 is 0. The Labute approximate surface area is 163 Å². The Hall–Kier alpha value is -0.570. The Kier molecular flexibility index (Phi) is 20.3. The molecule has 0 aliphatic carbocycles. The maximum Gasteiger partial charge on any atom is 0.305 e. The zero-order chi connectivity index (χ0) is 19.3. The summed E-state index contributed by atoms with van der Waals surface area (Å²) in [5, 5.41) is 0. The van der Waals surface area contributed by atoms with Crippen LogP contribution in [-0.4, -0.2) is 26.3 Å². The minimum absolute atomic E-state index is 0.0733. The zero-order valence-electron chi connectivity index (χ0n) is 18.0. The van der Waals surface area contributed by atoms with Crippen LogP contribution >= 0.6 is 0 Å². The van der Waals surface area contributed by atoms with Crippen LogP contribution in [0.2, 0.25) is 0 Å². The highest BCUT2D eigenvalue weighted by molar-refractivity contribution is 5.68. The number of rotatable bonds is 20. The van der Waals surface area contributed by atoms with E-state index in [1.165, 1.54) is 103 Å². The fraction of sp³-hybridized carbons (Fsp3) is 0.957. The number of carbonyl (C=O) groups excluding carboxylic acids is 1. The van der Waals surface area contributed by atoms with Gasteiger partial charge < -0.3 is 9.47 Å². The number of hydrogen-bond acceptors (Lipinski definition) is 3. The molecule has 3 nitrogen and oxygen atoms in total. The molecule has 0 saturated heterocycles. The van der Waals surface area contributed by atoms with Gasteiger partial charge in [0.25, 0.3) is 0 Å². The van der Waals surface area contributed by atoms with Crippen LogP contribution in [0.1, 0.15) is 122 Å². The highest BCUT2D eigenvalue weighted by Crippen LogP contribution is 2.16.